The standard InChI is InChI=1S/C11H14N3O2S2/c1-4-16-9(15)8-7-14(3)11(18-8)12-10-13(2)5-6-17-10/h5-7H,4H2,1-3H3/q+1. The Morgan fingerprint density at radius 2 is 2.39 bits per heavy atom. The Bertz CT molecular complexity index is 624. The van der Waals surface area contributed by atoms with Crippen molar-refractivity contribution in [3.05, 3.63) is 27.5 Å². The number of thiazole rings is 2. The van der Waals surface area contributed by atoms with E-state index in [9.17, 15) is 4.79 Å². The average molecular weight is 284 g/mol. The van der Waals surface area contributed by atoms with E-state index in [1.54, 1.807) is 24.5 Å². The molecule has 0 bridgehead atoms. The molecule has 0 radical (unpaired) electrons. The normalized spacial score (nSPS) is 11.8. The van der Waals surface area contributed by atoms with Crippen molar-refractivity contribution in [1.29, 1.82) is 0 Å². The lowest BCUT2D eigenvalue weighted by atomic mass is 10.5. The molecule has 0 aliphatic carbocycles. The van der Waals surface area contributed by atoms with Crippen LogP contribution in [0.2, 0.25) is 0 Å². The zero-order valence-corrected chi connectivity index (χ0v) is 12.0. The maximum absolute atomic E-state index is 11.6. The van der Waals surface area contributed by atoms with E-state index in [1.807, 2.05) is 34.8 Å². The summed E-state index contributed by atoms with van der Waals surface area (Å²) in [5.74, 6) is -0.296. The van der Waals surface area contributed by atoms with Crippen molar-refractivity contribution in [3.8, 4) is 0 Å². The molecule has 0 spiro atoms. The molecule has 0 saturated heterocycles. The van der Waals surface area contributed by atoms with E-state index in [2.05, 4.69) is 4.99 Å². The third-order valence-electron chi connectivity index (χ3n) is 2.24. The third-order valence-corrected chi connectivity index (χ3v) is 4.14. The summed E-state index contributed by atoms with van der Waals surface area (Å²) in [6.45, 7) is 2.18. The van der Waals surface area contributed by atoms with Gasteiger partial charge in [0.05, 0.1) is 13.7 Å². The molecule has 2 aromatic heterocycles. The summed E-state index contributed by atoms with van der Waals surface area (Å²) in [6.07, 6.45) is 3.69. The lowest BCUT2D eigenvalue weighted by molar-refractivity contribution is -0.654. The van der Waals surface area contributed by atoms with Gasteiger partial charge in [-0.25, -0.2) is 9.36 Å². The number of ether oxygens (including phenoxy) is 1. The van der Waals surface area contributed by atoms with Gasteiger partial charge in [0.15, 0.2) is 4.88 Å². The highest BCUT2D eigenvalue weighted by molar-refractivity contribution is 7.16. The van der Waals surface area contributed by atoms with Crippen molar-refractivity contribution in [2.45, 2.75) is 6.92 Å². The molecule has 0 fully saturated rings. The first kappa shape index (κ1) is 13.0. The van der Waals surface area contributed by atoms with Crippen LogP contribution < -0.4 is 9.37 Å². The van der Waals surface area contributed by atoms with Crippen LogP contribution in [-0.2, 0) is 18.8 Å². The number of carbonyl (C=O) groups is 1. The van der Waals surface area contributed by atoms with Crippen molar-refractivity contribution in [3.63, 3.8) is 0 Å². The molecule has 0 aromatic carbocycles. The first-order valence-electron chi connectivity index (χ1n) is 5.43. The Labute approximate surface area is 113 Å². The minimum absolute atomic E-state index is 0.296. The van der Waals surface area contributed by atoms with Crippen molar-refractivity contribution in [2.24, 2.45) is 19.1 Å². The molecular formula is C11H14N3O2S2+. The Kier molecular flexibility index (Phi) is 3.93. The van der Waals surface area contributed by atoms with Gasteiger partial charge in [0.2, 0.25) is 0 Å². The zero-order chi connectivity index (χ0) is 13.1. The fourth-order valence-corrected chi connectivity index (χ4v) is 3.01. The molecule has 96 valence electrons. The summed E-state index contributed by atoms with van der Waals surface area (Å²) in [6, 6.07) is 0. The zero-order valence-electron chi connectivity index (χ0n) is 10.4. The maximum atomic E-state index is 11.6. The topological polar surface area (TPSA) is 47.5 Å². The number of carbonyl (C=O) groups excluding carboxylic acids is 1. The van der Waals surface area contributed by atoms with Crippen LogP contribution >= 0.6 is 22.7 Å². The highest BCUT2D eigenvalue weighted by Crippen LogP contribution is 2.19. The quantitative estimate of drug-likeness (QED) is 0.631. The number of aryl methyl sites for hydroxylation is 2. The molecule has 0 N–H and O–H groups in total. The highest BCUT2D eigenvalue weighted by Gasteiger charge is 2.19. The number of rotatable bonds is 3. The molecule has 0 unspecified atom stereocenters. The van der Waals surface area contributed by atoms with E-state index >= 15 is 0 Å². The molecular weight excluding hydrogens is 270 g/mol. The van der Waals surface area contributed by atoms with Gasteiger partial charge in [-0.05, 0) is 18.3 Å². The summed E-state index contributed by atoms with van der Waals surface area (Å²) in [7, 11) is 3.81. The number of hydrogen-bond donors (Lipinski definition) is 0. The van der Waals surface area contributed by atoms with Gasteiger partial charge in [-0.2, -0.15) is 0 Å². The highest BCUT2D eigenvalue weighted by atomic mass is 32.1. The number of hydrogen-bond acceptors (Lipinski definition) is 5. The van der Waals surface area contributed by atoms with Crippen LogP contribution in [0.4, 0.5) is 5.13 Å². The molecule has 7 heteroatoms. The first-order valence-corrected chi connectivity index (χ1v) is 7.13. The second-order valence-corrected chi connectivity index (χ2v) is 5.50. The van der Waals surface area contributed by atoms with Crippen LogP contribution in [0, 0.1) is 0 Å². The molecule has 0 amide bonds. The minimum Gasteiger partial charge on any atom is -0.462 e. The Morgan fingerprint density at radius 3 is 3.00 bits per heavy atom. The van der Waals surface area contributed by atoms with E-state index in [0.29, 0.717) is 11.5 Å². The van der Waals surface area contributed by atoms with Gasteiger partial charge < -0.3 is 9.30 Å². The molecule has 2 rings (SSSR count). The van der Waals surface area contributed by atoms with Crippen molar-refractivity contribution in [1.82, 2.24) is 4.57 Å². The lowest BCUT2D eigenvalue weighted by Gasteiger charge is -1.94. The molecule has 2 heterocycles. The van der Waals surface area contributed by atoms with Crippen LogP contribution in [0.25, 0.3) is 0 Å². The number of aromatic nitrogens is 2. The van der Waals surface area contributed by atoms with Crippen LogP contribution in [0.1, 0.15) is 16.6 Å². The van der Waals surface area contributed by atoms with E-state index in [-0.39, 0.29) is 5.97 Å². The predicted octanol–water partition coefficient (Wildman–Crippen LogP) is 1.38. The van der Waals surface area contributed by atoms with Gasteiger partial charge in [-0.3, -0.25) is 0 Å². The van der Waals surface area contributed by atoms with E-state index in [0.717, 1.165) is 9.93 Å². The van der Waals surface area contributed by atoms with Gasteiger partial charge in [0.25, 0.3) is 0 Å². The van der Waals surface area contributed by atoms with Crippen molar-refractivity contribution < 1.29 is 14.1 Å². The largest absolute Gasteiger partial charge is 0.462 e. The Balaban J connectivity index is 2.37. The Morgan fingerprint density at radius 1 is 1.61 bits per heavy atom. The molecule has 0 saturated carbocycles. The fraction of sp³-hybridized carbons (Fsp3) is 0.364. The van der Waals surface area contributed by atoms with Gasteiger partial charge in [0, 0.05) is 23.6 Å². The molecule has 18 heavy (non-hydrogen) atoms. The molecule has 0 atom stereocenters. The first-order chi connectivity index (χ1) is 8.61. The summed E-state index contributed by atoms with van der Waals surface area (Å²) in [5.41, 5.74) is 0. The van der Waals surface area contributed by atoms with Crippen LogP contribution in [0.3, 0.4) is 0 Å². The summed E-state index contributed by atoms with van der Waals surface area (Å²) >= 11 is 2.88. The van der Waals surface area contributed by atoms with Gasteiger partial charge in [-0.15, -0.1) is 0 Å². The molecule has 5 nitrogen and oxygen atoms in total. The summed E-state index contributed by atoms with van der Waals surface area (Å²) in [4.78, 5) is 17.6. The average Bonchev–Trinajstić information content (AvgIpc) is 2.88. The van der Waals surface area contributed by atoms with Gasteiger partial charge >= 0.3 is 15.9 Å². The van der Waals surface area contributed by atoms with Crippen LogP contribution in [-0.4, -0.2) is 17.1 Å². The summed E-state index contributed by atoms with van der Waals surface area (Å²) < 4.78 is 8.74. The number of nitrogens with zero attached hydrogens (tertiary/aromatic N) is 3. The molecule has 0 aliphatic heterocycles. The third kappa shape index (κ3) is 2.68. The predicted molar refractivity (Wildman–Crippen MR) is 70.0 cm³/mol. The number of esters is 1. The monoisotopic (exact) mass is 284 g/mol. The second-order valence-electron chi connectivity index (χ2n) is 3.62. The van der Waals surface area contributed by atoms with E-state index in [4.69, 9.17) is 4.74 Å². The van der Waals surface area contributed by atoms with E-state index < -0.39 is 0 Å². The van der Waals surface area contributed by atoms with Crippen LogP contribution in [0.5, 0.6) is 0 Å². The Hall–Kier alpha value is -1.47. The van der Waals surface area contributed by atoms with Gasteiger partial charge in [-0.1, -0.05) is 11.3 Å². The van der Waals surface area contributed by atoms with Crippen molar-refractivity contribution in [2.75, 3.05) is 6.61 Å². The lowest BCUT2D eigenvalue weighted by Crippen LogP contribution is -2.25. The smallest absolute Gasteiger partial charge is 0.386 e. The second kappa shape index (κ2) is 5.45. The minimum atomic E-state index is -0.296. The van der Waals surface area contributed by atoms with Crippen molar-refractivity contribution >= 4 is 33.8 Å². The van der Waals surface area contributed by atoms with Crippen LogP contribution in [0.15, 0.2) is 22.8 Å². The SMILES string of the molecule is CCOC(=O)c1c[n+](C)c(N=c2sccn2C)s1. The summed E-state index contributed by atoms with van der Waals surface area (Å²) in [5, 5.41) is 2.75. The van der Waals surface area contributed by atoms with E-state index in [1.165, 1.54) is 11.3 Å². The van der Waals surface area contributed by atoms with Gasteiger partial charge in [0.1, 0.15) is 6.20 Å². The molecule has 0 aliphatic rings. The fourth-order valence-electron chi connectivity index (χ4n) is 1.34. The molecule has 2 aromatic rings. The maximum Gasteiger partial charge on any atom is 0.386 e.